The van der Waals surface area contributed by atoms with Crippen LogP contribution in [0.15, 0.2) is 29.3 Å². The second-order valence-corrected chi connectivity index (χ2v) is 7.59. The van der Waals surface area contributed by atoms with Crippen LogP contribution in [0.5, 0.6) is 0 Å². The fourth-order valence-electron chi connectivity index (χ4n) is 4.91. The summed E-state index contributed by atoms with van der Waals surface area (Å²) >= 11 is 0. The molecule has 1 aromatic rings. The van der Waals surface area contributed by atoms with Gasteiger partial charge in [-0.15, -0.1) is 24.0 Å². The van der Waals surface area contributed by atoms with E-state index < -0.39 is 0 Å². The molecule has 0 amide bonds. The molecule has 1 heterocycles. The minimum absolute atomic E-state index is 0. The molecule has 3 atom stereocenters. The highest BCUT2D eigenvalue weighted by Gasteiger charge is 2.66. The third kappa shape index (κ3) is 3.59. The van der Waals surface area contributed by atoms with E-state index in [1.807, 2.05) is 6.07 Å². The van der Waals surface area contributed by atoms with E-state index in [-0.39, 0.29) is 29.8 Å². The third-order valence-corrected chi connectivity index (χ3v) is 6.23. The molecule has 1 spiro atoms. The molecule has 144 valence electrons. The average Bonchev–Trinajstić information content (AvgIpc) is 2.96. The second kappa shape index (κ2) is 8.42. The summed E-state index contributed by atoms with van der Waals surface area (Å²) < 4.78 is 19.3. The van der Waals surface area contributed by atoms with Crippen LogP contribution in [0.4, 0.5) is 4.39 Å². The number of fused-ring (bicyclic) bond motifs is 2. The molecule has 3 aliphatic rings. The number of nitrogens with one attached hydrogen (secondary N) is 2. The highest BCUT2D eigenvalue weighted by atomic mass is 127. The number of guanidine groups is 1. The van der Waals surface area contributed by atoms with Crippen molar-refractivity contribution in [2.45, 2.75) is 51.2 Å². The number of rotatable bonds is 5. The Hall–Kier alpha value is -0.890. The number of nitrogens with zero attached hydrogens (tertiary/aromatic N) is 1. The lowest BCUT2D eigenvalue weighted by molar-refractivity contribution is -0.171. The summed E-state index contributed by atoms with van der Waals surface area (Å²) in [6.45, 7) is 4.49. The Bertz CT molecular complexity index is 650. The van der Waals surface area contributed by atoms with Gasteiger partial charge >= 0.3 is 0 Å². The Morgan fingerprint density at radius 3 is 2.92 bits per heavy atom. The summed E-state index contributed by atoms with van der Waals surface area (Å²) in [5.74, 6) is 1.34. The molecule has 3 unspecified atom stereocenters. The molecule has 26 heavy (non-hydrogen) atoms. The molecular weight excluding hydrogens is 444 g/mol. The van der Waals surface area contributed by atoms with E-state index in [1.54, 1.807) is 12.1 Å². The van der Waals surface area contributed by atoms with E-state index in [4.69, 9.17) is 9.73 Å². The Labute approximate surface area is 172 Å². The molecule has 3 fully saturated rings. The van der Waals surface area contributed by atoms with Gasteiger partial charge in [-0.1, -0.05) is 18.6 Å². The van der Waals surface area contributed by atoms with Crippen molar-refractivity contribution in [3.8, 4) is 0 Å². The largest absolute Gasteiger partial charge is 0.377 e. The van der Waals surface area contributed by atoms with Crippen LogP contribution in [0.3, 0.4) is 0 Å². The fraction of sp³-hybridized carbons (Fsp3) is 0.650. The molecule has 0 radical (unpaired) electrons. The maximum absolute atomic E-state index is 13.3. The van der Waals surface area contributed by atoms with Crippen LogP contribution in [-0.2, 0) is 11.2 Å². The van der Waals surface area contributed by atoms with Crippen LogP contribution < -0.4 is 10.6 Å². The van der Waals surface area contributed by atoms with Crippen molar-refractivity contribution < 1.29 is 9.13 Å². The molecule has 6 heteroatoms. The molecule has 2 N–H and O–H groups in total. The van der Waals surface area contributed by atoms with Crippen molar-refractivity contribution in [1.82, 2.24) is 10.6 Å². The highest BCUT2D eigenvalue weighted by Crippen LogP contribution is 2.62. The number of benzene rings is 1. The van der Waals surface area contributed by atoms with Crippen LogP contribution in [-0.4, -0.2) is 37.8 Å². The maximum atomic E-state index is 13.3. The predicted octanol–water partition coefficient (Wildman–Crippen LogP) is 3.50. The van der Waals surface area contributed by atoms with Crippen molar-refractivity contribution in [3.05, 3.63) is 35.6 Å². The molecule has 4 rings (SSSR count). The zero-order valence-electron chi connectivity index (χ0n) is 15.3. The predicted molar refractivity (Wildman–Crippen MR) is 113 cm³/mol. The molecule has 2 saturated carbocycles. The lowest BCUT2D eigenvalue weighted by Crippen LogP contribution is -2.72. The van der Waals surface area contributed by atoms with Gasteiger partial charge in [-0.2, -0.15) is 0 Å². The van der Waals surface area contributed by atoms with Gasteiger partial charge in [-0.25, -0.2) is 4.39 Å². The van der Waals surface area contributed by atoms with Gasteiger partial charge in [-0.05, 0) is 50.3 Å². The van der Waals surface area contributed by atoms with E-state index in [2.05, 4.69) is 17.6 Å². The summed E-state index contributed by atoms with van der Waals surface area (Å²) in [4.78, 5) is 4.73. The van der Waals surface area contributed by atoms with Crippen molar-refractivity contribution in [2.24, 2.45) is 16.3 Å². The van der Waals surface area contributed by atoms with Crippen molar-refractivity contribution in [2.75, 3.05) is 19.7 Å². The van der Waals surface area contributed by atoms with Gasteiger partial charge in [0, 0.05) is 37.1 Å². The van der Waals surface area contributed by atoms with Gasteiger partial charge in [0.2, 0.25) is 0 Å². The SMILES string of the molecule is CCNC(=NCCc1cccc(F)c1)NC1C2CCOC2C12CCC2.I. The molecule has 1 saturated heterocycles. The first kappa shape index (κ1) is 19.9. The standard InChI is InChI=1S/C20H28FN3O.HI/c1-2-22-19(23-11-7-14-5-3-6-15(21)13-14)24-17-16-8-12-25-18(16)20(17)9-4-10-20;/h3,5-6,13,16-18H,2,4,7-12H2,1H3,(H2,22,23,24);1H. The fourth-order valence-corrected chi connectivity index (χ4v) is 4.91. The topological polar surface area (TPSA) is 45.7 Å². The van der Waals surface area contributed by atoms with E-state index in [1.165, 1.54) is 25.3 Å². The molecule has 2 aliphatic carbocycles. The van der Waals surface area contributed by atoms with Gasteiger partial charge in [-0.3, -0.25) is 4.99 Å². The highest BCUT2D eigenvalue weighted by molar-refractivity contribution is 14.0. The van der Waals surface area contributed by atoms with E-state index >= 15 is 0 Å². The van der Waals surface area contributed by atoms with E-state index in [9.17, 15) is 4.39 Å². The number of aliphatic imine (C=N–C) groups is 1. The molecule has 0 bridgehead atoms. The average molecular weight is 473 g/mol. The van der Waals surface area contributed by atoms with E-state index in [0.717, 1.165) is 37.5 Å². The number of halogens is 2. The van der Waals surface area contributed by atoms with Crippen LogP contribution in [0.2, 0.25) is 0 Å². The van der Waals surface area contributed by atoms with Gasteiger partial charge in [0.1, 0.15) is 5.82 Å². The Kier molecular flexibility index (Phi) is 6.43. The summed E-state index contributed by atoms with van der Waals surface area (Å²) in [6, 6.07) is 7.26. The zero-order chi connectivity index (χ0) is 17.3. The third-order valence-electron chi connectivity index (χ3n) is 6.23. The van der Waals surface area contributed by atoms with Crippen molar-refractivity contribution in [3.63, 3.8) is 0 Å². The van der Waals surface area contributed by atoms with Crippen LogP contribution in [0, 0.1) is 17.2 Å². The molecule has 0 aromatic heterocycles. The summed E-state index contributed by atoms with van der Waals surface area (Å²) in [7, 11) is 0. The number of hydrogen-bond acceptors (Lipinski definition) is 2. The van der Waals surface area contributed by atoms with Gasteiger partial charge in [0.25, 0.3) is 0 Å². The molecule has 1 aliphatic heterocycles. The van der Waals surface area contributed by atoms with E-state index in [0.29, 0.717) is 30.0 Å². The number of hydrogen-bond donors (Lipinski definition) is 2. The van der Waals surface area contributed by atoms with Gasteiger partial charge in [0.05, 0.1) is 6.10 Å². The molecule has 4 nitrogen and oxygen atoms in total. The first-order valence-electron chi connectivity index (χ1n) is 9.64. The van der Waals surface area contributed by atoms with Crippen LogP contribution in [0.25, 0.3) is 0 Å². The Balaban J connectivity index is 0.00000196. The Morgan fingerprint density at radius 2 is 2.23 bits per heavy atom. The van der Waals surface area contributed by atoms with Crippen molar-refractivity contribution >= 4 is 29.9 Å². The van der Waals surface area contributed by atoms with Crippen LogP contribution in [0.1, 0.15) is 38.2 Å². The molecular formula is C20H29FIN3O. The van der Waals surface area contributed by atoms with Crippen molar-refractivity contribution in [1.29, 1.82) is 0 Å². The first-order valence-corrected chi connectivity index (χ1v) is 9.64. The lowest BCUT2D eigenvalue weighted by atomic mass is 9.46. The second-order valence-electron chi connectivity index (χ2n) is 7.59. The normalized spacial score (nSPS) is 28.5. The minimum Gasteiger partial charge on any atom is -0.377 e. The summed E-state index contributed by atoms with van der Waals surface area (Å²) in [5.41, 5.74) is 1.34. The Morgan fingerprint density at radius 1 is 1.38 bits per heavy atom. The van der Waals surface area contributed by atoms with Crippen LogP contribution >= 0.6 is 24.0 Å². The first-order chi connectivity index (χ1) is 12.2. The summed E-state index contributed by atoms with van der Waals surface area (Å²) in [6.07, 6.45) is 6.24. The smallest absolute Gasteiger partial charge is 0.191 e. The van der Waals surface area contributed by atoms with Gasteiger partial charge in [0.15, 0.2) is 5.96 Å². The molecule has 1 aromatic carbocycles. The zero-order valence-corrected chi connectivity index (χ0v) is 17.7. The quantitative estimate of drug-likeness (QED) is 0.391. The lowest BCUT2D eigenvalue weighted by Gasteiger charge is -2.63. The number of ether oxygens (including phenoxy) is 1. The summed E-state index contributed by atoms with van der Waals surface area (Å²) in [5, 5.41) is 7.07. The minimum atomic E-state index is -0.180. The van der Waals surface area contributed by atoms with Gasteiger partial charge < -0.3 is 15.4 Å². The maximum Gasteiger partial charge on any atom is 0.191 e. The monoisotopic (exact) mass is 473 g/mol.